The third kappa shape index (κ3) is 5.09. The van der Waals surface area contributed by atoms with Crippen molar-refractivity contribution in [1.29, 1.82) is 0 Å². The lowest BCUT2D eigenvalue weighted by Crippen LogP contribution is -2.02. The molecule has 0 aliphatic heterocycles. The van der Waals surface area contributed by atoms with Crippen molar-refractivity contribution < 1.29 is 9.84 Å². The minimum absolute atomic E-state index is 0.197. The lowest BCUT2D eigenvalue weighted by atomic mass is 9.98. The molecule has 18 heavy (non-hydrogen) atoms. The molecule has 0 bridgehead atoms. The van der Waals surface area contributed by atoms with Crippen LogP contribution in [0.4, 0.5) is 0 Å². The molecular formula is C16H26O2. The summed E-state index contributed by atoms with van der Waals surface area (Å²) in [5.41, 5.74) is 2.68. The van der Waals surface area contributed by atoms with Crippen molar-refractivity contribution >= 4 is 0 Å². The molecule has 1 atom stereocenters. The van der Waals surface area contributed by atoms with Crippen LogP contribution >= 0.6 is 0 Å². The number of hydrogen-bond acceptors (Lipinski definition) is 2. The van der Waals surface area contributed by atoms with E-state index in [1.807, 2.05) is 6.92 Å². The smallest absolute Gasteiger partial charge is 0.119 e. The number of rotatable bonds is 7. The van der Waals surface area contributed by atoms with Gasteiger partial charge in [0, 0.05) is 0 Å². The molecule has 0 saturated heterocycles. The first-order valence-electron chi connectivity index (χ1n) is 6.92. The Morgan fingerprint density at radius 2 is 1.89 bits per heavy atom. The molecule has 1 aromatic rings. The van der Waals surface area contributed by atoms with E-state index in [2.05, 4.69) is 39.0 Å². The molecule has 0 amide bonds. The van der Waals surface area contributed by atoms with Crippen LogP contribution in [0.5, 0.6) is 5.75 Å². The van der Waals surface area contributed by atoms with E-state index < -0.39 is 0 Å². The van der Waals surface area contributed by atoms with Crippen LogP contribution < -0.4 is 4.74 Å². The van der Waals surface area contributed by atoms with Crippen molar-refractivity contribution in [3.63, 3.8) is 0 Å². The maximum Gasteiger partial charge on any atom is 0.119 e. The Kier molecular flexibility index (Phi) is 6.20. The van der Waals surface area contributed by atoms with Gasteiger partial charge in [0.1, 0.15) is 5.75 Å². The van der Waals surface area contributed by atoms with E-state index in [-0.39, 0.29) is 6.10 Å². The topological polar surface area (TPSA) is 29.5 Å². The highest BCUT2D eigenvalue weighted by Crippen LogP contribution is 2.23. The molecule has 0 aliphatic carbocycles. The Balaban J connectivity index is 2.37. The number of aliphatic hydroxyl groups excluding tert-OH is 1. The Labute approximate surface area is 111 Å². The zero-order valence-corrected chi connectivity index (χ0v) is 12.1. The van der Waals surface area contributed by atoms with Crippen molar-refractivity contribution in [1.82, 2.24) is 0 Å². The highest BCUT2D eigenvalue weighted by Gasteiger charge is 2.04. The van der Waals surface area contributed by atoms with Crippen molar-refractivity contribution in [3.05, 3.63) is 29.3 Å². The fourth-order valence-corrected chi connectivity index (χ4v) is 2.12. The van der Waals surface area contributed by atoms with Crippen LogP contribution in [-0.4, -0.2) is 17.8 Å². The Morgan fingerprint density at radius 1 is 1.17 bits per heavy atom. The quantitative estimate of drug-likeness (QED) is 0.740. The van der Waals surface area contributed by atoms with E-state index >= 15 is 0 Å². The second kappa shape index (κ2) is 7.42. The van der Waals surface area contributed by atoms with Gasteiger partial charge in [-0.05, 0) is 62.3 Å². The number of ether oxygens (including phenoxy) is 1. The predicted octanol–water partition coefficient (Wildman–Crippen LogP) is 4.05. The van der Waals surface area contributed by atoms with Crippen molar-refractivity contribution in [2.24, 2.45) is 0 Å². The Hall–Kier alpha value is -1.02. The minimum atomic E-state index is -0.197. The van der Waals surface area contributed by atoms with Gasteiger partial charge in [-0.15, -0.1) is 0 Å². The largest absolute Gasteiger partial charge is 0.494 e. The second-order valence-corrected chi connectivity index (χ2v) is 5.37. The summed E-state index contributed by atoms with van der Waals surface area (Å²) in [7, 11) is 0. The number of hydrogen-bond donors (Lipinski definition) is 1. The van der Waals surface area contributed by atoms with Gasteiger partial charge in [0.15, 0.2) is 0 Å². The summed E-state index contributed by atoms with van der Waals surface area (Å²) in [5, 5.41) is 9.15. The fraction of sp³-hybridized carbons (Fsp3) is 0.625. The van der Waals surface area contributed by atoms with Gasteiger partial charge >= 0.3 is 0 Å². The third-order valence-corrected chi connectivity index (χ3v) is 3.15. The van der Waals surface area contributed by atoms with E-state index in [0.717, 1.165) is 31.6 Å². The van der Waals surface area contributed by atoms with Crippen molar-refractivity contribution in [2.75, 3.05) is 6.61 Å². The van der Waals surface area contributed by atoms with Crippen LogP contribution in [-0.2, 0) is 0 Å². The van der Waals surface area contributed by atoms with Gasteiger partial charge in [0.2, 0.25) is 0 Å². The van der Waals surface area contributed by atoms with E-state index in [9.17, 15) is 0 Å². The number of aryl methyl sites for hydroxylation is 1. The standard InChI is InChI=1S/C16H26O2/c1-12(2)16-9-8-15(11-13(16)3)18-10-6-5-7-14(4)17/h8-9,11-12,14,17H,5-7,10H2,1-4H3. The molecule has 1 aromatic carbocycles. The summed E-state index contributed by atoms with van der Waals surface area (Å²) in [6, 6.07) is 6.33. The van der Waals surface area contributed by atoms with E-state index in [1.54, 1.807) is 0 Å². The van der Waals surface area contributed by atoms with Gasteiger partial charge in [0.05, 0.1) is 12.7 Å². The normalized spacial score (nSPS) is 12.8. The average Bonchev–Trinajstić information content (AvgIpc) is 2.27. The monoisotopic (exact) mass is 250 g/mol. The summed E-state index contributed by atoms with van der Waals surface area (Å²) in [4.78, 5) is 0. The number of aliphatic hydroxyl groups is 1. The molecule has 1 unspecified atom stereocenters. The van der Waals surface area contributed by atoms with E-state index in [4.69, 9.17) is 9.84 Å². The molecule has 0 aliphatic rings. The summed E-state index contributed by atoms with van der Waals surface area (Å²) < 4.78 is 5.72. The van der Waals surface area contributed by atoms with E-state index in [1.165, 1.54) is 11.1 Å². The molecule has 0 spiro atoms. The maximum absolute atomic E-state index is 9.15. The molecule has 2 heteroatoms. The summed E-state index contributed by atoms with van der Waals surface area (Å²) in [5.74, 6) is 1.51. The van der Waals surface area contributed by atoms with Gasteiger partial charge in [-0.25, -0.2) is 0 Å². The van der Waals surface area contributed by atoms with Crippen LogP contribution in [0.3, 0.4) is 0 Å². The molecular weight excluding hydrogens is 224 g/mol. The average molecular weight is 250 g/mol. The zero-order valence-electron chi connectivity index (χ0n) is 12.1. The molecule has 0 heterocycles. The van der Waals surface area contributed by atoms with Gasteiger partial charge in [-0.1, -0.05) is 19.9 Å². The summed E-state index contributed by atoms with van der Waals surface area (Å²) in [6.07, 6.45) is 2.67. The zero-order chi connectivity index (χ0) is 13.5. The maximum atomic E-state index is 9.15. The second-order valence-electron chi connectivity index (χ2n) is 5.37. The first-order valence-corrected chi connectivity index (χ1v) is 6.92. The fourth-order valence-electron chi connectivity index (χ4n) is 2.12. The van der Waals surface area contributed by atoms with Crippen LogP contribution in [0.1, 0.15) is 57.1 Å². The molecule has 0 saturated carbocycles. The number of unbranched alkanes of at least 4 members (excludes halogenated alkanes) is 1. The minimum Gasteiger partial charge on any atom is -0.494 e. The van der Waals surface area contributed by atoms with Crippen molar-refractivity contribution in [2.45, 2.75) is 59.0 Å². The molecule has 102 valence electrons. The lowest BCUT2D eigenvalue weighted by molar-refractivity contribution is 0.177. The lowest BCUT2D eigenvalue weighted by Gasteiger charge is -2.12. The Bertz CT molecular complexity index is 356. The summed E-state index contributed by atoms with van der Waals surface area (Å²) in [6.45, 7) is 9.11. The van der Waals surface area contributed by atoms with Crippen LogP contribution in [0, 0.1) is 6.92 Å². The molecule has 1 rings (SSSR count). The molecule has 0 aromatic heterocycles. The van der Waals surface area contributed by atoms with E-state index in [0.29, 0.717) is 5.92 Å². The van der Waals surface area contributed by atoms with Crippen LogP contribution in [0.15, 0.2) is 18.2 Å². The van der Waals surface area contributed by atoms with Gasteiger partial charge in [0.25, 0.3) is 0 Å². The predicted molar refractivity (Wildman–Crippen MR) is 76.3 cm³/mol. The molecule has 0 radical (unpaired) electrons. The summed E-state index contributed by atoms with van der Waals surface area (Å²) >= 11 is 0. The first-order chi connectivity index (χ1) is 8.50. The Morgan fingerprint density at radius 3 is 2.44 bits per heavy atom. The van der Waals surface area contributed by atoms with Crippen LogP contribution in [0.2, 0.25) is 0 Å². The molecule has 1 N–H and O–H groups in total. The van der Waals surface area contributed by atoms with Crippen molar-refractivity contribution in [3.8, 4) is 5.75 Å². The van der Waals surface area contributed by atoms with Gasteiger partial charge in [-0.3, -0.25) is 0 Å². The molecule has 0 fully saturated rings. The van der Waals surface area contributed by atoms with Gasteiger partial charge < -0.3 is 9.84 Å². The SMILES string of the molecule is Cc1cc(OCCCCC(C)O)ccc1C(C)C. The highest BCUT2D eigenvalue weighted by atomic mass is 16.5. The van der Waals surface area contributed by atoms with Crippen LogP contribution in [0.25, 0.3) is 0 Å². The highest BCUT2D eigenvalue weighted by molar-refractivity contribution is 5.36. The van der Waals surface area contributed by atoms with Gasteiger partial charge in [-0.2, -0.15) is 0 Å². The third-order valence-electron chi connectivity index (χ3n) is 3.15. The first kappa shape index (κ1) is 15.0. The molecule has 2 nitrogen and oxygen atoms in total. The number of benzene rings is 1.